The first-order chi connectivity index (χ1) is 9.99. The van der Waals surface area contributed by atoms with Crippen LogP contribution in [0.5, 0.6) is 0 Å². The van der Waals surface area contributed by atoms with Crippen LogP contribution in [-0.2, 0) is 11.3 Å². The molecule has 1 aromatic rings. The molecule has 1 fully saturated rings. The first-order valence-corrected chi connectivity index (χ1v) is 7.09. The number of urea groups is 1. The standard InChI is InChI=1S/C13H12BrFN4O2/c1-18-10-9(11(20)17-13(18)21)19(12(14)16-10)6-7-4-2-3-5-8(7)15/h2-5,9-10H,6H2,1H3,(H,17,20,21). The number of carbonyl (C=O) groups is 2. The molecule has 1 saturated heterocycles. The van der Waals surface area contributed by atoms with E-state index in [0.717, 1.165) is 0 Å². The summed E-state index contributed by atoms with van der Waals surface area (Å²) in [5.41, 5.74) is 0.456. The molecule has 0 bridgehead atoms. The van der Waals surface area contributed by atoms with E-state index in [9.17, 15) is 14.0 Å². The van der Waals surface area contributed by atoms with Gasteiger partial charge in [0.25, 0.3) is 5.91 Å². The lowest BCUT2D eigenvalue weighted by molar-refractivity contribution is -0.127. The molecule has 2 heterocycles. The van der Waals surface area contributed by atoms with Crippen molar-refractivity contribution in [2.24, 2.45) is 4.99 Å². The van der Waals surface area contributed by atoms with Gasteiger partial charge in [-0.1, -0.05) is 18.2 Å². The number of amidine groups is 1. The van der Waals surface area contributed by atoms with Crippen LogP contribution in [0.15, 0.2) is 29.3 Å². The summed E-state index contributed by atoms with van der Waals surface area (Å²) in [5, 5.41) is 2.27. The van der Waals surface area contributed by atoms with Crippen LogP contribution in [0.25, 0.3) is 0 Å². The van der Waals surface area contributed by atoms with Crippen molar-refractivity contribution in [3.63, 3.8) is 0 Å². The quantitative estimate of drug-likeness (QED) is 0.813. The van der Waals surface area contributed by atoms with Crippen molar-refractivity contribution in [1.29, 1.82) is 0 Å². The highest BCUT2D eigenvalue weighted by Crippen LogP contribution is 2.28. The maximum Gasteiger partial charge on any atom is 0.325 e. The Morgan fingerprint density at radius 2 is 2.10 bits per heavy atom. The van der Waals surface area contributed by atoms with Crippen molar-refractivity contribution < 1.29 is 14.0 Å². The normalized spacial score (nSPS) is 24.8. The van der Waals surface area contributed by atoms with E-state index >= 15 is 0 Å². The van der Waals surface area contributed by atoms with Crippen molar-refractivity contribution in [2.45, 2.75) is 18.8 Å². The molecule has 0 radical (unpaired) electrons. The maximum absolute atomic E-state index is 13.8. The number of benzene rings is 1. The Morgan fingerprint density at radius 1 is 1.38 bits per heavy atom. The number of nitrogens with zero attached hydrogens (tertiary/aromatic N) is 3. The molecule has 6 nitrogen and oxygen atoms in total. The molecule has 8 heteroatoms. The number of rotatable bonds is 2. The van der Waals surface area contributed by atoms with Gasteiger partial charge in [-0.05, 0) is 22.0 Å². The second-order valence-corrected chi connectivity index (χ2v) is 5.59. The number of carbonyl (C=O) groups excluding carboxylic acids is 2. The van der Waals surface area contributed by atoms with E-state index in [2.05, 4.69) is 26.2 Å². The van der Waals surface area contributed by atoms with Crippen molar-refractivity contribution >= 4 is 32.6 Å². The van der Waals surface area contributed by atoms with Gasteiger partial charge in [0.2, 0.25) is 0 Å². The SMILES string of the molecule is CN1C(=O)NC(=O)C2C1N=C(Br)N2Cc1ccccc1F. The molecule has 0 aromatic heterocycles. The average Bonchev–Trinajstić information content (AvgIpc) is 2.77. The summed E-state index contributed by atoms with van der Waals surface area (Å²) in [4.78, 5) is 31.0. The molecule has 1 N–H and O–H groups in total. The molecule has 2 aliphatic heterocycles. The number of nitrogens with one attached hydrogen (secondary N) is 1. The lowest BCUT2D eigenvalue weighted by Crippen LogP contribution is -2.63. The third-order valence-corrected chi connectivity index (χ3v) is 4.27. The molecule has 0 saturated carbocycles. The minimum atomic E-state index is -0.665. The van der Waals surface area contributed by atoms with Crippen LogP contribution in [0.2, 0.25) is 0 Å². The fraction of sp³-hybridized carbons (Fsp3) is 0.308. The Kier molecular flexibility index (Phi) is 3.40. The van der Waals surface area contributed by atoms with E-state index < -0.39 is 24.1 Å². The second kappa shape index (κ2) is 5.10. The molecule has 21 heavy (non-hydrogen) atoms. The molecule has 110 valence electrons. The fourth-order valence-corrected chi connectivity index (χ4v) is 3.02. The summed E-state index contributed by atoms with van der Waals surface area (Å²) >= 11 is 3.29. The van der Waals surface area contributed by atoms with Crippen LogP contribution in [0.3, 0.4) is 0 Å². The van der Waals surface area contributed by atoms with Gasteiger partial charge in [0, 0.05) is 19.2 Å². The first kappa shape index (κ1) is 14.0. The minimum Gasteiger partial charge on any atom is -0.331 e. The highest BCUT2D eigenvalue weighted by Gasteiger charge is 2.48. The van der Waals surface area contributed by atoms with Gasteiger partial charge in [-0.3, -0.25) is 10.1 Å². The van der Waals surface area contributed by atoms with Crippen LogP contribution in [-0.4, -0.2) is 45.7 Å². The van der Waals surface area contributed by atoms with Gasteiger partial charge in [-0.15, -0.1) is 0 Å². The Bertz CT molecular complexity index is 651. The second-order valence-electron chi connectivity index (χ2n) is 4.88. The van der Waals surface area contributed by atoms with Crippen LogP contribution < -0.4 is 5.32 Å². The zero-order valence-corrected chi connectivity index (χ0v) is 12.7. The largest absolute Gasteiger partial charge is 0.331 e. The highest BCUT2D eigenvalue weighted by atomic mass is 79.9. The maximum atomic E-state index is 13.8. The summed E-state index contributed by atoms with van der Waals surface area (Å²) in [6.07, 6.45) is -0.604. The topological polar surface area (TPSA) is 65.0 Å². The third-order valence-electron chi connectivity index (χ3n) is 3.61. The Balaban J connectivity index is 1.90. The molecular weight excluding hydrogens is 343 g/mol. The van der Waals surface area contributed by atoms with Gasteiger partial charge in [-0.2, -0.15) is 0 Å². The average molecular weight is 355 g/mol. The summed E-state index contributed by atoms with van der Waals surface area (Å²) in [7, 11) is 1.57. The van der Waals surface area contributed by atoms with Crippen molar-refractivity contribution in [3.8, 4) is 0 Å². The Hall–Kier alpha value is -1.96. The zero-order chi connectivity index (χ0) is 15.1. The number of amides is 3. The summed E-state index contributed by atoms with van der Waals surface area (Å²) in [6, 6.07) is 5.20. The van der Waals surface area contributed by atoms with Crippen LogP contribution >= 0.6 is 15.9 Å². The van der Waals surface area contributed by atoms with E-state index in [4.69, 9.17) is 0 Å². The Morgan fingerprint density at radius 3 is 2.81 bits per heavy atom. The predicted molar refractivity (Wildman–Crippen MR) is 77.2 cm³/mol. The van der Waals surface area contributed by atoms with E-state index in [1.165, 1.54) is 11.0 Å². The van der Waals surface area contributed by atoms with E-state index in [0.29, 0.717) is 10.3 Å². The molecule has 2 unspecified atom stereocenters. The smallest absolute Gasteiger partial charge is 0.325 e. The number of halogens is 2. The van der Waals surface area contributed by atoms with Crippen molar-refractivity contribution in [1.82, 2.24) is 15.1 Å². The van der Waals surface area contributed by atoms with Crippen LogP contribution in [0.1, 0.15) is 5.56 Å². The predicted octanol–water partition coefficient (Wildman–Crippen LogP) is 1.27. The van der Waals surface area contributed by atoms with Gasteiger partial charge in [0.15, 0.2) is 17.0 Å². The monoisotopic (exact) mass is 354 g/mol. The number of aliphatic imine (C=N–C) groups is 1. The summed E-state index contributed by atoms with van der Waals surface area (Å²) in [5.74, 6) is -0.778. The number of hydrogen-bond donors (Lipinski definition) is 1. The molecule has 1 aromatic carbocycles. The lowest BCUT2D eigenvalue weighted by Gasteiger charge is -2.35. The van der Waals surface area contributed by atoms with E-state index in [1.54, 1.807) is 30.1 Å². The lowest BCUT2D eigenvalue weighted by atomic mass is 10.1. The number of fused-ring (bicyclic) bond motifs is 1. The minimum absolute atomic E-state index is 0.188. The van der Waals surface area contributed by atoms with Crippen molar-refractivity contribution in [3.05, 3.63) is 35.6 Å². The molecule has 3 rings (SSSR count). The number of hydrogen-bond acceptors (Lipinski definition) is 4. The van der Waals surface area contributed by atoms with Gasteiger partial charge in [0.1, 0.15) is 5.82 Å². The fourth-order valence-electron chi connectivity index (χ4n) is 2.47. The summed E-state index contributed by atoms with van der Waals surface area (Å²) < 4.78 is 14.2. The molecule has 2 aliphatic rings. The highest BCUT2D eigenvalue weighted by molar-refractivity contribution is 9.18. The van der Waals surface area contributed by atoms with Crippen LogP contribution in [0.4, 0.5) is 9.18 Å². The molecular formula is C13H12BrFN4O2. The van der Waals surface area contributed by atoms with E-state index in [-0.39, 0.29) is 12.4 Å². The first-order valence-electron chi connectivity index (χ1n) is 6.30. The van der Waals surface area contributed by atoms with Gasteiger partial charge in [-0.25, -0.2) is 14.2 Å². The van der Waals surface area contributed by atoms with E-state index in [1.807, 2.05) is 0 Å². The zero-order valence-electron chi connectivity index (χ0n) is 11.1. The molecule has 3 amide bonds. The molecule has 0 spiro atoms. The molecule has 0 aliphatic carbocycles. The van der Waals surface area contributed by atoms with Crippen molar-refractivity contribution in [2.75, 3.05) is 7.05 Å². The van der Waals surface area contributed by atoms with Crippen LogP contribution in [0, 0.1) is 5.82 Å². The number of imide groups is 1. The Labute approximate surface area is 128 Å². The third kappa shape index (κ3) is 2.29. The molecule has 2 atom stereocenters. The van der Waals surface area contributed by atoms with Gasteiger partial charge in [0.05, 0.1) is 0 Å². The van der Waals surface area contributed by atoms with Gasteiger partial charge < -0.3 is 9.80 Å². The summed E-state index contributed by atoms with van der Waals surface area (Å²) in [6.45, 7) is 0.188. The van der Waals surface area contributed by atoms with Gasteiger partial charge >= 0.3 is 6.03 Å². The number of likely N-dealkylation sites (N-methyl/N-ethyl adjacent to an activating group) is 1.